The molecule has 2 aromatic rings. The highest BCUT2D eigenvalue weighted by Crippen LogP contribution is 2.27. The summed E-state index contributed by atoms with van der Waals surface area (Å²) in [6.45, 7) is 4.30. The Morgan fingerprint density at radius 1 is 1.45 bits per heavy atom. The summed E-state index contributed by atoms with van der Waals surface area (Å²) in [6.07, 6.45) is 0. The average Bonchev–Trinajstić information content (AvgIpc) is 2.76. The molecule has 106 valence electrons. The van der Waals surface area contributed by atoms with E-state index in [1.54, 1.807) is 6.92 Å². The van der Waals surface area contributed by atoms with E-state index < -0.39 is 5.97 Å². The smallest absolute Gasteiger partial charge is 0.347 e. The van der Waals surface area contributed by atoms with Crippen LogP contribution in [-0.2, 0) is 0 Å². The van der Waals surface area contributed by atoms with Crippen molar-refractivity contribution < 1.29 is 14.6 Å². The van der Waals surface area contributed by atoms with E-state index in [-0.39, 0.29) is 0 Å². The van der Waals surface area contributed by atoms with Crippen LogP contribution < -0.4 is 4.74 Å². The molecule has 0 radical (unpaired) electrons. The van der Waals surface area contributed by atoms with Crippen molar-refractivity contribution in [3.05, 3.63) is 40.4 Å². The van der Waals surface area contributed by atoms with Crippen LogP contribution in [0.25, 0.3) is 0 Å². The number of carbonyl (C=O) groups is 1. The van der Waals surface area contributed by atoms with Gasteiger partial charge >= 0.3 is 5.97 Å². The number of thiazole rings is 1. The lowest BCUT2D eigenvalue weighted by molar-refractivity contribution is 0.0701. The molecule has 0 fully saturated rings. The molecule has 1 aromatic carbocycles. The van der Waals surface area contributed by atoms with Crippen molar-refractivity contribution in [1.82, 2.24) is 4.98 Å². The molecule has 0 spiro atoms. The number of benzene rings is 1. The third-order valence-corrected chi connectivity index (χ3v) is 4.79. The second-order valence-electron chi connectivity index (χ2n) is 4.21. The second-order valence-corrected chi connectivity index (χ2v) is 6.55. The van der Waals surface area contributed by atoms with Crippen LogP contribution in [0.1, 0.15) is 20.9 Å². The van der Waals surface area contributed by atoms with Gasteiger partial charge in [0.05, 0.1) is 12.3 Å². The molecule has 0 saturated heterocycles. The Morgan fingerprint density at radius 2 is 2.25 bits per heavy atom. The zero-order chi connectivity index (χ0) is 14.5. The van der Waals surface area contributed by atoms with Crippen LogP contribution in [0, 0.1) is 13.8 Å². The van der Waals surface area contributed by atoms with Crippen LogP contribution in [0.15, 0.2) is 28.6 Å². The molecule has 0 atom stereocenters. The number of aromatic nitrogens is 1. The minimum Gasteiger partial charge on any atom is -0.493 e. The zero-order valence-corrected chi connectivity index (χ0v) is 12.9. The van der Waals surface area contributed by atoms with E-state index in [4.69, 9.17) is 9.84 Å². The van der Waals surface area contributed by atoms with Crippen LogP contribution in [0.5, 0.6) is 5.75 Å². The first-order valence-electron chi connectivity index (χ1n) is 6.09. The van der Waals surface area contributed by atoms with Gasteiger partial charge in [-0.15, -0.1) is 11.3 Å². The lowest BCUT2D eigenvalue weighted by Gasteiger charge is -2.05. The number of aromatic carboxylic acids is 1. The summed E-state index contributed by atoms with van der Waals surface area (Å²) >= 11 is 2.73. The third kappa shape index (κ3) is 3.98. The fraction of sp³-hybridized carbons (Fsp3) is 0.286. The van der Waals surface area contributed by atoms with Gasteiger partial charge in [0.1, 0.15) is 10.6 Å². The quantitative estimate of drug-likeness (QED) is 0.652. The van der Waals surface area contributed by atoms with Crippen molar-refractivity contribution in [2.24, 2.45) is 0 Å². The Morgan fingerprint density at radius 3 is 2.90 bits per heavy atom. The van der Waals surface area contributed by atoms with Crippen LogP contribution in [0.2, 0.25) is 0 Å². The number of aryl methyl sites for hydroxylation is 2. The van der Waals surface area contributed by atoms with Gasteiger partial charge in [-0.05, 0) is 31.5 Å². The highest BCUT2D eigenvalue weighted by Gasteiger charge is 2.13. The molecule has 0 unspecified atom stereocenters. The molecular weight excluding hydrogens is 294 g/mol. The maximum Gasteiger partial charge on any atom is 0.347 e. The lowest BCUT2D eigenvalue weighted by atomic mass is 10.2. The highest BCUT2D eigenvalue weighted by molar-refractivity contribution is 8.01. The van der Waals surface area contributed by atoms with Crippen molar-refractivity contribution >= 4 is 29.1 Å². The summed E-state index contributed by atoms with van der Waals surface area (Å²) in [4.78, 5) is 15.5. The molecular formula is C14H15NO3S2. The van der Waals surface area contributed by atoms with Gasteiger partial charge < -0.3 is 9.84 Å². The first-order valence-corrected chi connectivity index (χ1v) is 7.89. The van der Waals surface area contributed by atoms with Crippen molar-refractivity contribution in [3.8, 4) is 5.75 Å². The van der Waals surface area contributed by atoms with Crippen LogP contribution >= 0.6 is 23.1 Å². The van der Waals surface area contributed by atoms with Gasteiger partial charge in [-0.3, -0.25) is 0 Å². The molecule has 0 aliphatic heterocycles. The van der Waals surface area contributed by atoms with Gasteiger partial charge in [0.2, 0.25) is 0 Å². The number of carboxylic acid groups (broad SMARTS) is 1. The van der Waals surface area contributed by atoms with Gasteiger partial charge in [-0.25, -0.2) is 9.78 Å². The standard InChI is InChI=1S/C14H15NO3S2/c1-9-4-3-5-11(8-9)18-6-7-19-14-15-10(2)12(20-14)13(16)17/h3-5,8H,6-7H2,1-2H3,(H,16,17). The SMILES string of the molecule is Cc1cccc(OCCSc2nc(C)c(C(=O)O)s2)c1. The molecule has 1 N–H and O–H groups in total. The van der Waals surface area contributed by atoms with Gasteiger partial charge in [0.25, 0.3) is 0 Å². The Kier molecular flexibility index (Phi) is 5.03. The predicted octanol–water partition coefficient (Wildman–Crippen LogP) is 3.63. The molecule has 2 rings (SSSR count). The lowest BCUT2D eigenvalue weighted by Crippen LogP contribution is -1.99. The van der Waals surface area contributed by atoms with Crippen LogP contribution in [0.3, 0.4) is 0 Å². The number of rotatable bonds is 6. The van der Waals surface area contributed by atoms with Crippen molar-refractivity contribution in [2.45, 2.75) is 18.2 Å². The fourth-order valence-corrected chi connectivity index (χ4v) is 3.54. The van der Waals surface area contributed by atoms with Gasteiger partial charge in [0.15, 0.2) is 4.34 Å². The molecule has 4 nitrogen and oxygen atoms in total. The summed E-state index contributed by atoms with van der Waals surface area (Å²) < 4.78 is 6.40. The summed E-state index contributed by atoms with van der Waals surface area (Å²) in [7, 11) is 0. The Balaban J connectivity index is 1.81. The maximum atomic E-state index is 10.9. The second kappa shape index (κ2) is 6.76. The van der Waals surface area contributed by atoms with E-state index >= 15 is 0 Å². The first kappa shape index (κ1) is 14.9. The summed E-state index contributed by atoms with van der Waals surface area (Å²) in [5, 5.41) is 8.96. The normalized spacial score (nSPS) is 10.5. The minimum absolute atomic E-state index is 0.312. The number of thioether (sulfide) groups is 1. The molecule has 0 aliphatic rings. The molecule has 20 heavy (non-hydrogen) atoms. The van der Waals surface area contributed by atoms with Crippen LogP contribution in [0.4, 0.5) is 0 Å². The number of hydrogen-bond acceptors (Lipinski definition) is 5. The number of nitrogens with zero attached hydrogens (tertiary/aromatic N) is 1. The van der Waals surface area contributed by atoms with Crippen molar-refractivity contribution in [2.75, 3.05) is 12.4 Å². The maximum absolute atomic E-state index is 10.9. The van der Waals surface area contributed by atoms with E-state index in [0.29, 0.717) is 17.2 Å². The molecule has 0 amide bonds. The molecule has 0 aliphatic carbocycles. The van der Waals surface area contributed by atoms with E-state index in [0.717, 1.165) is 21.4 Å². The third-order valence-electron chi connectivity index (χ3n) is 2.54. The van der Waals surface area contributed by atoms with E-state index in [1.165, 1.54) is 23.1 Å². The van der Waals surface area contributed by atoms with Crippen molar-refractivity contribution in [3.63, 3.8) is 0 Å². The van der Waals surface area contributed by atoms with Gasteiger partial charge in [-0.1, -0.05) is 23.9 Å². The van der Waals surface area contributed by atoms with Crippen molar-refractivity contribution in [1.29, 1.82) is 0 Å². The Hall–Kier alpha value is -1.53. The number of ether oxygens (including phenoxy) is 1. The van der Waals surface area contributed by atoms with Gasteiger partial charge in [-0.2, -0.15) is 0 Å². The largest absolute Gasteiger partial charge is 0.493 e. The van der Waals surface area contributed by atoms with Gasteiger partial charge in [0, 0.05) is 5.75 Å². The molecule has 6 heteroatoms. The summed E-state index contributed by atoms with van der Waals surface area (Å²) in [5.41, 5.74) is 1.74. The van der Waals surface area contributed by atoms with E-state index in [2.05, 4.69) is 4.98 Å². The van der Waals surface area contributed by atoms with Crippen LogP contribution in [-0.4, -0.2) is 28.4 Å². The zero-order valence-electron chi connectivity index (χ0n) is 11.3. The van der Waals surface area contributed by atoms with E-state index in [9.17, 15) is 4.79 Å². The summed E-state index contributed by atoms with van der Waals surface area (Å²) in [5.74, 6) is 0.676. The molecule has 1 aromatic heterocycles. The topological polar surface area (TPSA) is 59.4 Å². The molecule has 0 saturated carbocycles. The first-order chi connectivity index (χ1) is 9.56. The summed E-state index contributed by atoms with van der Waals surface area (Å²) in [6, 6.07) is 7.89. The monoisotopic (exact) mass is 309 g/mol. The average molecular weight is 309 g/mol. The highest BCUT2D eigenvalue weighted by atomic mass is 32.2. The number of carboxylic acids is 1. The predicted molar refractivity (Wildman–Crippen MR) is 81.2 cm³/mol. The Labute approximate surface area is 125 Å². The minimum atomic E-state index is -0.914. The fourth-order valence-electron chi connectivity index (χ4n) is 1.63. The molecule has 0 bridgehead atoms. The van der Waals surface area contributed by atoms with E-state index in [1.807, 2.05) is 31.2 Å². The Bertz CT molecular complexity index is 610. The number of hydrogen-bond donors (Lipinski definition) is 1. The molecule has 1 heterocycles.